The Morgan fingerprint density at radius 1 is 1.00 bits per heavy atom. The molecule has 3 aromatic carbocycles. The van der Waals surface area contributed by atoms with Gasteiger partial charge in [0.15, 0.2) is 0 Å². The van der Waals surface area contributed by atoms with Gasteiger partial charge in [-0.25, -0.2) is 4.39 Å². The number of benzene rings is 3. The van der Waals surface area contributed by atoms with Crippen molar-refractivity contribution in [2.45, 2.75) is 33.2 Å². The molecule has 8 nitrogen and oxygen atoms in total. The van der Waals surface area contributed by atoms with Crippen LogP contribution in [0.3, 0.4) is 0 Å². The van der Waals surface area contributed by atoms with E-state index in [1.54, 1.807) is 36.1 Å². The number of rotatable bonds is 11. The summed E-state index contributed by atoms with van der Waals surface area (Å²) in [5, 5.41) is 12.5. The van der Waals surface area contributed by atoms with Crippen LogP contribution in [0.1, 0.15) is 40.4 Å². The molecule has 1 N–H and O–H groups in total. The summed E-state index contributed by atoms with van der Waals surface area (Å²) >= 11 is 0. The molecule has 4 aromatic rings. The molecule has 202 valence electrons. The lowest BCUT2D eigenvalue weighted by atomic mass is 10.1. The number of carbonyl (C=O) groups is 2. The standard InChI is InChI=1S/C30H31FN4O4/c1-3-15-34(30(37)23-11-8-21(2)28(17-23)35(38)39)20-29(36)33(19-22-9-12-25(31)13-10-22)16-14-24-18-32-27-7-5-4-6-26(24)27/h4-13,17-18,32H,3,14-16,19-20H2,1-2H3. The van der Waals surface area contributed by atoms with Crippen molar-refractivity contribution in [3.05, 3.63) is 111 Å². The van der Waals surface area contributed by atoms with E-state index in [-0.39, 0.29) is 36.1 Å². The third-order valence-corrected chi connectivity index (χ3v) is 6.73. The number of hydrogen-bond donors (Lipinski definition) is 1. The molecule has 0 bridgehead atoms. The van der Waals surface area contributed by atoms with Gasteiger partial charge in [0.1, 0.15) is 12.4 Å². The zero-order valence-electron chi connectivity index (χ0n) is 22.0. The molecule has 1 heterocycles. The fourth-order valence-electron chi connectivity index (χ4n) is 4.60. The van der Waals surface area contributed by atoms with Crippen LogP contribution in [0.25, 0.3) is 10.9 Å². The Morgan fingerprint density at radius 3 is 2.46 bits per heavy atom. The van der Waals surface area contributed by atoms with Crippen molar-refractivity contribution in [3.63, 3.8) is 0 Å². The molecule has 39 heavy (non-hydrogen) atoms. The summed E-state index contributed by atoms with van der Waals surface area (Å²) in [6, 6.07) is 18.3. The lowest BCUT2D eigenvalue weighted by molar-refractivity contribution is -0.385. The van der Waals surface area contributed by atoms with E-state index in [0.29, 0.717) is 31.5 Å². The van der Waals surface area contributed by atoms with Gasteiger partial charge in [-0.05, 0) is 55.2 Å². The number of amides is 2. The first-order valence-corrected chi connectivity index (χ1v) is 12.9. The van der Waals surface area contributed by atoms with E-state index in [2.05, 4.69) is 4.98 Å². The normalized spacial score (nSPS) is 10.9. The molecule has 0 aliphatic carbocycles. The Kier molecular flexibility index (Phi) is 8.70. The summed E-state index contributed by atoms with van der Waals surface area (Å²) in [4.78, 5) is 44.2. The number of H-pyrrole nitrogens is 1. The topological polar surface area (TPSA) is 99.6 Å². The van der Waals surface area contributed by atoms with Crippen LogP contribution in [0.4, 0.5) is 10.1 Å². The highest BCUT2D eigenvalue weighted by atomic mass is 19.1. The van der Waals surface area contributed by atoms with Gasteiger partial charge in [0.25, 0.3) is 11.6 Å². The van der Waals surface area contributed by atoms with Crippen molar-refractivity contribution in [1.82, 2.24) is 14.8 Å². The third-order valence-electron chi connectivity index (χ3n) is 6.73. The van der Waals surface area contributed by atoms with Gasteiger partial charge in [-0.2, -0.15) is 0 Å². The van der Waals surface area contributed by atoms with Crippen LogP contribution in [-0.2, 0) is 17.8 Å². The van der Waals surface area contributed by atoms with Crippen molar-refractivity contribution < 1.29 is 18.9 Å². The molecule has 1 aromatic heterocycles. The number of para-hydroxylation sites is 1. The number of carbonyl (C=O) groups excluding carboxylic acids is 2. The van der Waals surface area contributed by atoms with Crippen LogP contribution in [0.2, 0.25) is 0 Å². The second kappa shape index (κ2) is 12.3. The van der Waals surface area contributed by atoms with Crippen LogP contribution >= 0.6 is 0 Å². The van der Waals surface area contributed by atoms with E-state index >= 15 is 0 Å². The van der Waals surface area contributed by atoms with Crippen molar-refractivity contribution in [3.8, 4) is 0 Å². The highest BCUT2D eigenvalue weighted by Crippen LogP contribution is 2.21. The smallest absolute Gasteiger partial charge is 0.273 e. The molecule has 4 rings (SSSR count). The van der Waals surface area contributed by atoms with Crippen molar-refractivity contribution in [1.29, 1.82) is 0 Å². The Morgan fingerprint density at radius 2 is 1.74 bits per heavy atom. The third kappa shape index (κ3) is 6.67. The van der Waals surface area contributed by atoms with Crippen molar-refractivity contribution in [2.24, 2.45) is 0 Å². The molecule has 0 aliphatic rings. The lowest BCUT2D eigenvalue weighted by Crippen LogP contribution is -2.43. The fraction of sp³-hybridized carbons (Fsp3) is 0.267. The minimum absolute atomic E-state index is 0.139. The van der Waals surface area contributed by atoms with Gasteiger partial charge < -0.3 is 14.8 Å². The molecule has 0 saturated carbocycles. The zero-order chi connectivity index (χ0) is 27.9. The van der Waals surface area contributed by atoms with Crippen LogP contribution < -0.4 is 0 Å². The summed E-state index contributed by atoms with van der Waals surface area (Å²) < 4.78 is 13.5. The maximum absolute atomic E-state index is 13.6. The molecule has 0 fully saturated rings. The number of nitro groups is 1. The molecule has 0 radical (unpaired) electrons. The number of hydrogen-bond acceptors (Lipinski definition) is 4. The highest BCUT2D eigenvalue weighted by molar-refractivity contribution is 5.97. The molecule has 0 aliphatic heterocycles. The monoisotopic (exact) mass is 530 g/mol. The fourth-order valence-corrected chi connectivity index (χ4v) is 4.60. The number of nitrogens with one attached hydrogen (secondary N) is 1. The van der Waals surface area contributed by atoms with Crippen LogP contribution in [0.5, 0.6) is 0 Å². The summed E-state index contributed by atoms with van der Waals surface area (Å²) in [6.45, 7) is 4.30. The van der Waals surface area contributed by atoms with Crippen LogP contribution in [0.15, 0.2) is 72.9 Å². The molecule has 0 atom stereocenters. The van der Waals surface area contributed by atoms with Gasteiger partial charge in [0.2, 0.25) is 5.91 Å². The van der Waals surface area contributed by atoms with Crippen molar-refractivity contribution in [2.75, 3.05) is 19.6 Å². The number of nitrogens with zero attached hydrogens (tertiary/aromatic N) is 3. The highest BCUT2D eigenvalue weighted by Gasteiger charge is 2.24. The lowest BCUT2D eigenvalue weighted by Gasteiger charge is -2.28. The van der Waals surface area contributed by atoms with Crippen molar-refractivity contribution >= 4 is 28.4 Å². The first kappa shape index (κ1) is 27.5. The predicted molar refractivity (Wildman–Crippen MR) is 148 cm³/mol. The van der Waals surface area contributed by atoms with E-state index in [1.165, 1.54) is 23.1 Å². The molecular weight excluding hydrogens is 499 g/mol. The summed E-state index contributed by atoms with van der Waals surface area (Å²) in [7, 11) is 0. The minimum atomic E-state index is -0.517. The number of aromatic nitrogens is 1. The predicted octanol–water partition coefficient (Wildman–Crippen LogP) is 5.65. The number of aryl methyl sites for hydroxylation is 1. The van der Waals surface area contributed by atoms with E-state index in [9.17, 15) is 24.1 Å². The maximum atomic E-state index is 13.6. The molecule has 0 saturated heterocycles. The van der Waals surface area contributed by atoms with E-state index in [4.69, 9.17) is 0 Å². The second-order valence-electron chi connectivity index (χ2n) is 9.54. The van der Waals surface area contributed by atoms with E-state index < -0.39 is 10.8 Å². The Bertz CT molecular complexity index is 1480. The first-order chi connectivity index (χ1) is 18.8. The van der Waals surface area contributed by atoms with Gasteiger partial charge in [-0.15, -0.1) is 0 Å². The number of fused-ring (bicyclic) bond motifs is 1. The second-order valence-corrected chi connectivity index (χ2v) is 9.54. The molecule has 0 spiro atoms. The molecule has 2 amide bonds. The van der Waals surface area contributed by atoms with Gasteiger partial charge in [0, 0.05) is 53.9 Å². The number of aromatic amines is 1. The van der Waals surface area contributed by atoms with Crippen LogP contribution in [0, 0.1) is 22.9 Å². The number of halogens is 1. The van der Waals surface area contributed by atoms with E-state index in [1.807, 2.05) is 37.4 Å². The minimum Gasteiger partial charge on any atom is -0.361 e. The molecular formula is C30H31FN4O4. The van der Waals surface area contributed by atoms with Gasteiger partial charge in [-0.1, -0.05) is 43.3 Å². The van der Waals surface area contributed by atoms with E-state index in [0.717, 1.165) is 22.0 Å². The SMILES string of the molecule is CCCN(CC(=O)N(CCc1c[nH]c2ccccc12)Cc1ccc(F)cc1)C(=O)c1ccc(C)c([N+](=O)[O-])c1. The summed E-state index contributed by atoms with van der Waals surface area (Å²) in [6.07, 6.45) is 3.13. The molecule has 0 unspecified atom stereocenters. The number of nitro benzene ring substituents is 1. The average Bonchev–Trinajstić information content (AvgIpc) is 3.34. The Hall–Kier alpha value is -4.53. The van der Waals surface area contributed by atoms with Gasteiger partial charge in [-0.3, -0.25) is 19.7 Å². The molecule has 9 heteroatoms. The Labute approximate surface area is 226 Å². The quantitative estimate of drug-likeness (QED) is 0.200. The summed E-state index contributed by atoms with van der Waals surface area (Å²) in [5.41, 5.74) is 3.33. The average molecular weight is 531 g/mol. The van der Waals surface area contributed by atoms with Gasteiger partial charge in [0.05, 0.1) is 4.92 Å². The Balaban J connectivity index is 1.55. The summed E-state index contributed by atoms with van der Waals surface area (Å²) in [5.74, 6) is -1.06. The zero-order valence-corrected chi connectivity index (χ0v) is 22.0. The maximum Gasteiger partial charge on any atom is 0.273 e. The largest absolute Gasteiger partial charge is 0.361 e. The van der Waals surface area contributed by atoms with Gasteiger partial charge >= 0.3 is 0 Å². The first-order valence-electron chi connectivity index (χ1n) is 12.9. The van der Waals surface area contributed by atoms with Crippen LogP contribution in [-0.4, -0.2) is 51.2 Å².